The first kappa shape index (κ1) is 15.9. The number of carbonyl (C=O) groups excluding carboxylic acids is 1. The zero-order chi connectivity index (χ0) is 18.1. The van der Waals surface area contributed by atoms with E-state index in [1.165, 1.54) is 0 Å². The van der Waals surface area contributed by atoms with Crippen LogP contribution >= 0.6 is 0 Å². The molecule has 0 aliphatic rings. The Labute approximate surface area is 149 Å². The van der Waals surface area contributed by atoms with Crippen LogP contribution in [0.15, 0.2) is 49.3 Å². The quantitative estimate of drug-likeness (QED) is 0.607. The number of aromatic nitrogens is 6. The van der Waals surface area contributed by atoms with E-state index >= 15 is 0 Å². The molecule has 0 aliphatic heterocycles. The molecular formula is C18H17N7O. The SMILES string of the molecule is Cc1cnc(CNC(=O)c2nc(-c3cn(C)cn3)n3ccccc23)cn1. The molecule has 0 radical (unpaired) electrons. The number of amides is 1. The molecule has 1 N–H and O–H groups in total. The van der Waals surface area contributed by atoms with Gasteiger partial charge in [-0.15, -0.1) is 0 Å². The molecule has 0 unspecified atom stereocenters. The Morgan fingerprint density at radius 2 is 2.08 bits per heavy atom. The third kappa shape index (κ3) is 2.92. The second kappa shape index (κ2) is 6.40. The summed E-state index contributed by atoms with van der Waals surface area (Å²) in [5.41, 5.74) is 3.31. The van der Waals surface area contributed by atoms with E-state index in [4.69, 9.17) is 0 Å². The van der Waals surface area contributed by atoms with Crippen LogP contribution in [0.3, 0.4) is 0 Å². The number of nitrogens with zero attached hydrogens (tertiary/aromatic N) is 6. The van der Waals surface area contributed by atoms with E-state index in [0.29, 0.717) is 22.9 Å². The summed E-state index contributed by atoms with van der Waals surface area (Å²) in [6.45, 7) is 2.16. The molecule has 0 aromatic carbocycles. The fraction of sp³-hybridized carbons (Fsp3) is 0.167. The molecule has 8 heteroatoms. The predicted molar refractivity (Wildman–Crippen MR) is 95.3 cm³/mol. The third-order valence-electron chi connectivity index (χ3n) is 3.96. The van der Waals surface area contributed by atoms with Gasteiger partial charge in [0.2, 0.25) is 0 Å². The van der Waals surface area contributed by atoms with Gasteiger partial charge in [0, 0.05) is 25.6 Å². The molecule has 0 bridgehead atoms. The first-order valence-electron chi connectivity index (χ1n) is 8.13. The van der Waals surface area contributed by atoms with Crippen molar-refractivity contribution in [3.8, 4) is 11.5 Å². The van der Waals surface area contributed by atoms with E-state index in [9.17, 15) is 4.79 Å². The molecule has 4 rings (SSSR count). The maximum absolute atomic E-state index is 12.7. The van der Waals surface area contributed by atoms with Gasteiger partial charge in [0.05, 0.1) is 36.0 Å². The lowest BCUT2D eigenvalue weighted by Gasteiger charge is -2.03. The molecule has 0 atom stereocenters. The first-order chi connectivity index (χ1) is 12.6. The van der Waals surface area contributed by atoms with Crippen molar-refractivity contribution in [2.75, 3.05) is 0 Å². The number of rotatable bonds is 4. The van der Waals surface area contributed by atoms with Gasteiger partial charge < -0.3 is 9.88 Å². The van der Waals surface area contributed by atoms with Gasteiger partial charge in [-0.05, 0) is 19.1 Å². The summed E-state index contributed by atoms with van der Waals surface area (Å²) in [7, 11) is 1.89. The molecule has 4 heterocycles. The van der Waals surface area contributed by atoms with Crippen molar-refractivity contribution in [2.45, 2.75) is 13.5 Å². The van der Waals surface area contributed by atoms with Crippen LogP contribution in [-0.2, 0) is 13.6 Å². The number of pyridine rings is 1. The van der Waals surface area contributed by atoms with E-state index in [0.717, 1.165) is 11.2 Å². The molecule has 1 amide bonds. The minimum atomic E-state index is -0.266. The fourth-order valence-electron chi connectivity index (χ4n) is 2.68. The Hall–Kier alpha value is -3.55. The highest BCUT2D eigenvalue weighted by atomic mass is 16.1. The van der Waals surface area contributed by atoms with Gasteiger partial charge >= 0.3 is 0 Å². The van der Waals surface area contributed by atoms with E-state index < -0.39 is 0 Å². The number of carbonyl (C=O) groups is 1. The zero-order valence-electron chi connectivity index (χ0n) is 14.4. The Bertz CT molecular complexity index is 1080. The average Bonchev–Trinajstić information content (AvgIpc) is 3.24. The van der Waals surface area contributed by atoms with Gasteiger partial charge in [0.1, 0.15) is 5.69 Å². The lowest BCUT2D eigenvalue weighted by atomic mass is 10.3. The summed E-state index contributed by atoms with van der Waals surface area (Å²) < 4.78 is 3.71. The summed E-state index contributed by atoms with van der Waals surface area (Å²) in [4.78, 5) is 30.0. The van der Waals surface area contributed by atoms with Gasteiger partial charge in [-0.1, -0.05) is 6.07 Å². The van der Waals surface area contributed by atoms with Gasteiger partial charge in [-0.25, -0.2) is 9.97 Å². The molecule has 0 saturated carbocycles. The highest BCUT2D eigenvalue weighted by Crippen LogP contribution is 2.21. The van der Waals surface area contributed by atoms with Gasteiger partial charge in [0.15, 0.2) is 11.5 Å². The van der Waals surface area contributed by atoms with Gasteiger partial charge in [0.25, 0.3) is 5.91 Å². The van der Waals surface area contributed by atoms with Crippen molar-refractivity contribution in [3.63, 3.8) is 0 Å². The smallest absolute Gasteiger partial charge is 0.272 e. The van der Waals surface area contributed by atoms with Crippen molar-refractivity contribution >= 4 is 11.4 Å². The maximum atomic E-state index is 12.7. The number of hydrogen-bond donors (Lipinski definition) is 1. The second-order valence-electron chi connectivity index (χ2n) is 6.00. The Morgan fingerprint density at radius 1 is 1.19 bits per heavy atom. The van der Waals surface area contributed by atoms with Crippen molar-refractivity contribution in [1.29, 1.82) is 0 Å². The predicted octanol–water partition coefficient (Wildman–Crippen LogP) is 1.76. The third-order valence-corrected chi connectivity index (χ3v) is 3.96. The van der Waals surface area contributed by atoms with Crippen LogP contribution in [0.5, 0.6) is 0 Å². The minimum Gasteiger partial charge on any atom is -0.345 e. The van der Waals surface area contributed by atoms with Crippen LogP contribution in [0.25, 0.3) is 17.0 Å². The molecule has 130 valence electrons. The van der Waals surface area contributed by atoms with Crippen LogP contribution in [0.2, 0.25) is 0 Å². The van der Waals surface area contributed by atoms with E-state index in [-0.39, 0.29) is 12.5 Å². The van der Waals surface area contributed by atoms with Crippen molar-refractivity contribution < 1.29 is 4.79 Å². The molecule has 0 fully saturated rings. The van der Waals surface area contributed by atoms with Crippen molar-refractivity contribution in [3.05, 3.63) is 66.4 Å². The van der Waals surface area contributed by atoms with E-state index in [1.807, 2.05) is 53.5 Å². The Balaban J connectivity index is 1.65. The van der Waals surface area contributed by atoms with E-state index in [1.54, 1.807) is 18.7 Å². The topological polar surface area (TPSA) is 90.0 Å². The molecule has 4 aromatic rings. The molecule has 26 heavy (non-hydrogen) atoms. The van der Waals surface area contributed by atoms with Crippen LogP contribution < -0.4 is 5.32 Å². The lowest BCUT2D eigenvalue weighted by molar-refractivity contribution is 0.0947. The summed E-state index contributed by atoms with van der Waals surface area (Å²) in [6.07, 6.45) is 8.77. The minimum absolute atomic E-state index is 0.266. The van der Waals surface area contributed by atoms with Gasteiger partial charge in [-0.2, -0.15) is 0 Å². The summed E-state index contributed by atoms with van der Waals surface area (Å²) in [5, 5.41) is 2.85. The average molecular weight is 347 g/mol. The fourth-order valence-corrected chi connectivity index (χ4v) is 2.68. The summed E-state index contributed by atoms with van der Waals surface area (Å²) in [5.74, 6) is 0.361. The summed E-state index contributed by atoms with van der Waals surface area (Å²) in [6, 6.07) is 5.63. The number of hydrogen-bond acceptors (Lipinski definition) is 5. The normalized spacial score (nSPS) is 11.0. The van der Waals surface area contributed by atoms with E-state index in [2.05, 4.69) is 25.3 Å². The molecule has 0 aliphatic carbocycles. The van der Waals surface area contributed by atoms with Crippen LogP contribution in [0.1, 0.15) is 21.9 Å². The molecule has 0 saturated heterocycles. The lowest BCUT2D eigenvalue weighted by Crippen LogP contribution is -2.24. The first-order valence-corrected chi connectivity index (χ1v) is 8.13. The maximum Gasteiger partial charge on any atom is 0.272 e. The van der Waals surface area contributed by atoms with Crippen molar-refractivity contribution in [1.82, 2.24) is 34.2 Å². The summed E-state index contributed by atoms with van der Waals surface area (Å²) >= 11 is 0. The highest BCUT2D eigenvalue weighted by molar-refractivity contribution is 5.99. The number of aryl methyl sites for hydroxylation is 2. The monoisotopic (exact) mass is 347 g/mol. The van der Waals surface area contributed by atoms with Gasteiger partial charge in [-0.3, -0.25) is 19.2 Å². The van der Waals surface area contributed by atoms with Crippen LogP contribution in [-0.4, -0.2) is 34.8 Å². The number of fused-ring (bicyclic) bond motifs is 1. The molecular weight excluding hydrogens is 330 g/mol. The second-order valence-corrected chi connectivity index (χ2v) is 6.00. The number of nitrogens with one attached hydrogen (secondary N) is 1. The zero-order valence-corrected chi connectivity index (χ0v) is 14.4. The molecule has 0 spiro atoms. The number of imidazole rings is 2. The van der Waals surface area contributed by atoms with Crippen molar-refractivity contribution in [2.24, 2.45) is 7.05 Å². The Morgan fingerprint density at radius 3 is 2.81 bits per heavy atom. The Kier molecular flexibility index (Phi) is 3.92. The largest absolute Gasteiger partial charge is 0.345 e. The van der Waals surface area contributed by atoms with Crippen LogP contribution in [0, 0.1) is 6.92 Å². The molecule has 8 nitrogen and oxygen atoms in total. The standard InChI is InChI=1S/C18H17N7O/c1-12-7-20-13(8-19-12)9-21-18(26)16-15-5-3-4-6-25(15)17(23-16)14-10-24(2)11-22-14/h3-8,10-11H,9H2,1-2H3,(H,21,26). The highest BCUT2D eigenvalue weighted by Gasteiger charge is 2.19. The van der Waals surface area contributed by atoms with Crippen LogP contribution in [0.4, 0.5) is 0 Å². The molecule has 4 aromatic heterocycles.